The summed E-state index contributed by atoms with van der Waals surface area (Å²) in [6.45, 7) is 12.0. The van der Waals surface area contributed by atoms with Crippen molar-refractivity contribution in [3.63, 3.8) is 0 Å². The lowest BCUT2D eigenvalue weighted by Gasteiger charge is -2.36. The minimum absolute atomic E-state index is 0.140. The summed E-state index contributed by atoms with van der Waals surface area (Å²) in [5.74, 6) is 0. The van der Waals surface area contributed by atoms with Gasteiger partial charge in [-0.25, -0.2) is 4.79 Å². The molecule has 0 spiro atoms. The van der Waals surface area contributed by atoms with Crippen LogP contribution in [0, 0.1) is 0 Å². The third-order valence-electron chi connectivity index (χ3n) is 6.15. The number of carbonyl (C=O) groups excluding carboxylic acids is 1. The van der Waals surface area contributed by atoms with Crippen molar-refractivity contribution in [3.8, 4) is 0 Å². The zero-order valence-corrected chi connectivity index (χ0v) is 19.8. The molecule has 7 heteroatoms. The van der Waals surface area contributed by atoms with E-state index in [1.165, 1.54) is 6.08 Å². The molecule has 1 amide bonds. The molecule has 1 heterocycles. The normalized spacial score (nSPS) is 23.0. The van der Waals surface area contributed by atoms with E-state index in [1.807, 2.05) is 37.4 Å². The molecule has 5 nitrogen and oxygen atoms in total. The number of halogens is 1. The Morgan fingerprint density at radius 2 is 2.04 bits per heavy atom. The van der Waals surface area contributed by atoms with E-state index in [0.29, 0.717) is 12.8 Å². The van der Waals surface area contributed by atoms with E-state index < -0.39 is 20.0 Å². The summed E-state index contributed by atoms with van der Waals surface area (Å²) >= 11 is 3.42. The fourth-order valence-electron chi connectivity index (χ4n) is 3.46. The van der Waals surface area contributed by atoms with E-state index >= 15 is 0 Å². The van der Waals surface area contributed by atoms with Crippen LogP contribution in [0.4, 0.5) is 4.79 Å². The van der Waals surface area contributed by atoms with Crippen molar-refractivity contribution in [2.45, 2.75) is 62.9 Å². The lowest BCUT2D eigenvalue weighted by atomic mass is 9.89. The molecule has 0 saturated carbocycles. The second-order valence-corrected chi connectivity index (χ2v) is 14.3. The maximum absolute atomic E-state index is 12.6. The fourth-order valence-corrected chi connectivity index (χ4v) is 4.48. The first-order chi connectivity index (χ1) is 12.9. The van der Waals surface area contributed by atoms with Gasteiger partial charge < -0.3 is 19.5 Å². The van der Waals surface area contributed by atoms with Gasteiger partial charge >= 0.3 is 6.09 Å². The number of hydrogen-bond donors (Lipinski definition) is 2. The maximum atomic E-state index is 12.6. The Morgan fingerprint density at radius 3 is 2.57 bits per heavy atom. The molecule has 1 aliphatic heterocycles. The summed E-state index contributed by atoms with van der Waals surface area (Å²) in [4.78, 5) is 24.8. The molecule has 0 radical (unpaired) electrons. The highest BCUT2D eigenvalue weighted by Crippen LogP contribution is 2.44. The van der Waals surface area contributed by atoms with E-state index in [9.17, 15) is 14.7 Å². The molecule has 1 fully saturated rings. The summed E-state index contributed by atoms with van der Waals surface area (Å²) < 4.78 is 6.20. The van der Waals surface area contributed by atoms with E-state index in [-0.39, 0.29) is 24.2 Å². The molecule has 2 rings (SSSR count). The average Bonchev–Trinajstić information content (AvgIpc) is 2.95. The standard InChI is InChI=1S/C21H32BrNO4Si/c1-6-13-27-19(24)23-15-21(25,16-7-9-17(22)10-8-16)14-18(23)11-12-20(2,3)28(4,5)26/h6-10,18,25-26H,1,11-15H2,2-5H3/t18-,21+/m1/s1. The number of ether oxygens (including phenoxy) is 1. The van der Waals surface area contributed by atoms with Crippen LogP contribution in [0.2, 0.25) is 18.1 Å². The van der Waals surface area contributed by atoms with Crippen molar-refractivity contribution in [3.05, 3.63) is 47.0 Å². The van der Waals surface area contributed by atoms with Crippen LogP contribution in [0.3, 0.4) is 0 Å². The minimum Gasteiger partial charge on any atom is -0.445 e. The van der Waals surface area contributed by atoms with Crippen molar-refractivity contribution in [2.24, 2.45) is 0 Å². The number of rotatable bonds is 7. The van der Waals surface area contributed by atoms with Crippen LogP contribution in [0.1, 0.15) is 38.7 Å². The number of hydrogen-bond acceptors (Lipinski definition) is 4. The summed E-state index contributed by atoms with van der Waals surface area (Å²) in [7, 11) is -2.35. The Morgan fingerprint density at radius 1 is 1.43 bits per heavy atom. The van der Waals surface area contributed by atoms with Gasteiger partial charge in [-0.15, -0.1) is 0 Å². The first kappa shape index (κ1) is 23.1. The van der Waals surface area contributed by atoms with Gasteiger partial charge in [0.1, 0.15) is 12.2 Å². The van der Waals surface area contributed by atoms with Crippen molar-refractivity contribution in [1.82, 2.24) is 4.90 Å². The molecule has 1 aromatic rings. The molecule has 1 saturated heterocycles. The second-order valence-electron chi connectivity index (χ2n) is 8.87. The van der Waals surface area contributed by atoms with Gasteiger partial charge in [0.2, 0.25) is 0 Å². The molecular formula is C21H32BrNO4Si. The van der Waals surface area contributed by atoms with Gasteiger partial charge in [0.05, 0.1) is 6.54 Å². The Balaban J connectivity index is 2.22. The van der Waals surface area contributed by atoms with Gasteiger partial charge in [-0.1, -0.05) is 54.6 Å². The van der Waals surface area contributed by atoms with Crippen molar-refractivity contribution < 1.29 is 19.4 Å². The van der Waals surface area contributed by atoms with Crippen LogP contribution in [0.5, 0.6) is 0 Å². The number of aliphatic hydroxyl groups is 1. The molecule has 2 atom stereocenters. The van der Waals surface area contributed by atoms with Crippen LogP contribution in [-0.4, -0.2) is 48.4 Å². The highest BCUT2D eigenvalue weighted by atomic mass is 79.9. The zero-order chi connectivity index (χ0) is 21.2. The highest BCUT2D eigenvalue weighted by molar-refractivity contribution is 9.10. The van der Waals surface area contributed by atoms with Gasteiger partial charge in [-0.2, -0.15) is 0 Å². The number of nitrogens with zero attached hydrogens (tertiary/aromatic N) is 1. The van der Waals surface area contributed by atoms with Crippen molar-refractivity contribution in [2.75, 3.05) is 13.2 Å². The monoisotopic (exact) mass is 469 g/mol. The summed E-state index contributed by atoms with van der Waals surface area (Å²) in [5, 5.41) is 11.1. The molecule has 28 heavy (non-hydrogen) atoms. The molecule has 0 bridgehead atoms. The molecule has 1 aromatic carbocycles. The predicted molar refractivity (Wildman–Crippen MR) is 118 cm³/mol. The maximum Gasteiger partial charge on any atom is 0.410 e. The Kier molecular flexibility index (Phi) is 7.18. The lowest BCUT2D eigenvalue weighted by Crippen LogP contribution is -2.41. The smallest absolute Gasteiger partial charge is 0.410 e. The summed E-state index contributed by atoms with van der Waals surface area (Å²) in [6.07, 6.45) is 3.02. The topological polar surface area (TPSA) is 70.0 Å². The van der Waals surface area contributed by atoms with Gasteiger partial charge in [0.25, 0.3) is 0 Å². The quantitative estimate of drug-likeness (QED) is 0.444. The second kappa shape index (κ2) is 8.69. The predicted octanol–water partition coefficient (Wildman–Crippen LogP) is 4.79. The Bertz CT molecular complexity index is 701. The third kappa shape index (κ3) is 5.26. The Labute approximate surface area is 177 Å². The van der Waals surface area contributed by atoms with Crippen LogP contribution in [0.15, 0.2) is 41.4 Å². The number of β-amino-alcohol motifs (C(OH)–C–C–N with tert-alkyl or cyclic N) is 1. The van der Waals surface area contributed by atoms with E-state index in [2.05, 4.69) is 36.4 Å². The number of amides is 1. The summed E-state index contributed by atoms with van der Waals surface area (Å²) in [5.41, 5.74) is -0.328. The SMILES string of the molecule is C=CCOC(=O)N1C[C@](O)(c2ccc(Br)cc2)C[C@H]1CCC(C)(C)[Si](C)(C)O. The number of carbonyl (C=O) groups is 1. The highest BCUT2D eigenvalue weighted by Gasteiger charge is 2.47. The van der Waals surface area contributed by atoms with Crippen LogP contribution in [-0.2, 0) is 10.3 Å². The first-order valence-electron chi connectivity index (χ1n) is 9.65. The molecule has 0 unspecified atom stereocenters. The van der Waals surface area contributed by atoms with Gasteiger partial charge in [0, 0.05) is 16.9 Å². The Hall–Kier alpha value is -1.15. The van der Waals surface area contributed by atoms with Gasteiger partial charge in [-0.05, 0) is 48.7 Å². The third-order valence-corrected chi connectivity index (χ3v) is 10.2. The molecule has 0 aliphatic carbocycles. The number of benzene rings is 1. The largest absolute Gasteiger partial charge is 0.445 e. The lowest BCUT2D eigenvalue weighted by molar-refractivity contribution is 0.0429. The van der Waals surface area contributed by atoms with E-state index in [4.69, 9.17) is 4.74 Å². The van der Waals surface area contributed by atoms with E-state index in [1.54, 1.807) is 4.90 Å². The molecule has 2 N–H and O–H groups in total. The van der Waals surface area contributed by atoms with Crippen LogP contribution >= 0.6 is 15.9 Å². The van der Waals surface area contributed by atoms with Crippen molar-refractivity contribution in [1.29, 1.82) is 0 Å². The van der Waals surface area contributed by atoms with Gasteiger partial charge in [0.15, 0.2) is 8.32 Å². The molecule has 0 aromatic heterocycles. The molecule has 156 valence electrons. The molecule has 1 aliphatic rings. The van der Waals surface area contributed by atoms with Crippen LogP contribution < -0.4 is 0 Å². The fraction of sp³-hybridized carbons (Fsp3) is 0.571. The first-order valence-corrected chi connectivity index (χ1v) is 13.4. The molecular weight excluding hydrogens is 438 g/mol. The number of likely N-dealkylation sites (tertiary alicyclic amines) is 1. The summed E-state index contributed by atoms with van der Waals surface area (Å²) in [6, 6.07) is 7.40. The van der Waals surface area contributed by atoms with Crippen LogP contribution in [0.25, 0.3) is 0 Å². The van der Waals surface area contributed by atoms with Crippen molar-refractivity contribution >= 4 is 30.3 Å². The van der Waals surface area contributed by atoms with E-state index in [0.717, 1.165) is 16.5 Å². The minimum atomic E-state index is -2.35. The zero-order valence-electron chi connectivity index (χ0n) is 17.2. The van der Waals surface area contributed by atoms with Gasteiger partial charge in [-0.3, -0.25) is 0 Å². The average molecular weight is 470 g/mol.